The quantitative estimate of drug-likeness (QED) is 0.563. The molecule has 0 bridgehead atoms. The lowest BCUT2D eigenvalue weighted by Crippen LogP contribution is -2.01. The van der Waals surface area contributed by atoms with E-state index in [1.807, 2.05) is 31.2 Å². The van der Waals surface area contributed by atoms with Crippen molar-refractivity contribution in [3.05, 3.63) is 35.5 Å². The monoisotopic (exact) mass is 256 g/mol. The number of carboxylic acid groups (broad SMARTS) is 1. The topological polar surface area (TPSA) is 108 Å². The minimum Gasteiger partial charge on any atom is -0.477 e. The van der Waals surface area contributed by atoms with E-state index < -0.39 is 5.97 Å². The van der Waals surface area contributed by atoms with Gasteiger partial charge in [-0.25, -0.2) is 4.79 Å². The molecule has 0 fully saturated rings. The highest BCUT2D eigenvalue weighted by Gasteiger charge is 2.22. The highest BCUT2D eigenvalue weighted by Crippen LogP contribution is 2.34. The molecule has 5 N–H and O–H groups in total. The van der Waals surface area contributed by atoms with Crippen molar-refractivity contribution in [2.75, 3.05) is 5.73 Å². The van der Waals surface area contributed by atoms with Gasteiger partial charge in [0.05, 0.1) is 5.69 Å². The summed E-state index contributed by atoms with van der Waals surface area (Å²) in [6.07, 6.45) is 0. The van der Waals surface area contributed by atoms with Crippen molar-refractivity contribution >= 4 is 22.7 Å². The summed E-state index contributed by atoms with van der Waals surface area (Å²) in [5, 5.41) is 16.7. The lowest BCUT2D eigenvalue weighted by atomic mass is 10.0. The minimum absolute atomic E-state index is 0.00724. The van der Waals surface area contributed by atoms with Crippen LogP contribution in [-0.4, -0.2) is 26.3 Å². The Balaban J connectivity index is 2.37. The van der Waals surface area contributed by atoms with Crippen molar-refractivity contribution in [2.45, 2.75) is 6.92 Å². The van der Waals surface area contributed by atoms with E-state index in [9.17, 15) is 9.90 Å². The second-order valence-corrected chi connectivity index (χ2v) is 4.33. The third-order valence-electron chi connectivity index (χ3n) is 3.15. The Hall–Kier alpha value is -2.76. The van der Waals surface area contributed by atoms with Gasteiger partial charge >= 0.3 is 5.97 Å². The number of aromatic carboxylic acids is 1. The summed E-state index contributed by atoms with van der Waals surface area (Å²) in [5.41, 5.74) is 8.65. The van der Waals surface area contributed by atoms with E-state index in [0.29, 0.717) is 5.69 Å². The Morgan fingerprint density at radius 3 is 2.84 bits per heavy atom. The fourth-order valence-electron chi connectivity index (χ4n) is 2.35. The number of anilines is 1. The molecule has 19 heavy (non-hydrogen) atoms. The Labute approximate surface area is 108 Å². The number of hydrogen-bond acceptors (Lipinski definition) is 3. The van der Waals surface area contributed by atoms with Gasteiger partial charge in [-0.1, -0.05) is 18.2 Å². The molecule has 6 nitrogen and oxygen atoms in total. The predicted molar refractivity (Wildman–Crippen MR) is 72.0 cm³/mol. The van der Waals surface area contributed by atoms with Crippen molar-refractivity contribution in [1.29, 1.82) is 0 Å². The molecule has 0 spiro atoms. The Kier molecular flexibility index (Phi) is 2.31. The first-order valence-corrected chi connectivity index (χ1v) is 5.74. The number of carboxylic acids is 1. The molecule has 0 aliphatic heterocycles. The van der Waals surface area contributed by atoms with Gasteiger partial charge < -0.3 is 15.8 Å². The number of aromatic nitrogens is 3. The van der Waals surface area contributed by atoms with Crippen LogP contribution in [-0.2, 0) is 0 Å². The molecular weight excluding hydrogens is 244 g/mol. The van der Waals surface area contributed by atoms with Crippen LogP contribution >= 0.6 is 0 Å². The number of nitrogens with one attached hydrogen (secondary N) is 2. The Morgan fingerprint density at radius 2 is 2.11 bits per heavy atom. The molecule has 3 aromatic rings. The number of hydrogen-bond donors (Lipinski definition) is 4. The number of rotatable bonds is 2. The number of fused-ring (bicyclic) bond motifs is 1. The third-order valence-corrected chi connectivity index (χ3v) is 3.15. The Morgan fingerprint density at radius 1 is 1.37 bits per heavy atom. The summed E-state index contributed by atoms with van der Waals surface area (Å²) in [6.45, 7) is 1.89. The van der Waals surface area contributed by atoms with E-state index in [1.165, 1.54) is 0 Å². The number of aryl methyl sites for hydroxylation is 1. The molecule has 0 atom stereocenters. The van der Waals surface area contributed by atoms with Crippen LogP contribution in [0.1, 0.15) is 16.1 Å². The van der Waals surface area contributed by atoms with Crippen LogP contribution in [0.5, 0.6) is 0 Å². The first kappa shape index (κ1) is 11.3. The molecule has 0 aliphatic rings. The van der Waals surface area contributed by atoms with Crippen molar-refractivity contribution < 1.29 is 9.90 Å². The third kappa shape index (κ3) is 1.57. The van der Waals surface area contributed by atoms with Crippen molar-refractivity contribution in [3.63, 3.8) is 0 Å². The van der Waals surface area contributed by atoms with E-state index in [2.05, 4.69) is 15.2 Å². The van der Waals surface area contributed by atoms with E-state index in [-0.39, 0.29) is 11.4 Å². The number of carbonyl (C=O) groups is 1. The van der Waals surface area contributed by atoms with E-state index in [1.54, 1.807) is 0 Å². The number of nitrogens with two attached hydrogens (primary N) is 1. The van der Waals surface area contributed by atoms with Gasteiger partial charge in [0.1, 0.15) is 5.56 Å². The van der Waals surface area contributed by atoms with Gasteiger partial charge in [0.15, 0.2) is 5.82 Å². The number of nitrogen functional groups attached to an aromatic ring is 1. The van der Waals surface area contributed by atoms with Gasteiger partial charge in [0.25, 0.3) is 0 Å². The molecule has 2 aromatic heterocycles. The molecule has 0 saturated heterocycles. The maximum Gasteiger partial charge on any atom is 0.341 e. The predicted octanol–water partition coefficient (Wildman–Crippen LogP) is 2.15. The summed E-state index contributed by atoms with van der Waals surface area (Å²) in [7, 11) is 0. The maximum absolute atomic E-state index is 11.3. The molecule has 6 heteroatoms. The number of H-pyrrole nitrogens is 2. The largest absolute Gasteiger partial charge is 0.477 e. The van der Waals surface area contributed by atoms with Crippen LogP contribution in [0.25, 0.3) is 22.2 Å². The molecule has 2 heterocycles. The molecule has 0 radical (unpaired) electrons. The van der Waals surface area contributed by atoms with E-state index >= 15 is 0 Å². The average Bonchev–Trinajstić information content (AvgIpc) is 2.88. The summed E-state index contributed by atoms with van der Waals surface area (Å²) in [5.74, 6) is -1.10. The SMILES string of the molecule is Cc1[nH]c2ccccc2c1-c1[nH]nc(N)c1C(=O)O. The van der Waals surface area contributed by atoms with E-state index in [0.717, 1.165) is 22.2 Å². The molecular formula is C13H12N4O2. The van der Waals surface area contributed by atoms with Crippen molar-refractivity contribution in [3.8, 4) is 11.3 Å². The van der Waals surface area contributed by atoms with Gasteiger partial charge in [0, 0.05) is 22.2 Å². The molecule has 0 saturated carbocycles. The van der Waals surface area contributed by atoms with Crippen LogP contribution in [0, 0.1) is 6.92 Å². The smallest absolute Gasteiger partial charge is 0.341 e. The number of aromatic amines is 2. The van der Waals surface area contributed by atoms with Gasteiger partial charge in [-0.05, 0) is 13.0 Å². The van der Waals surface area contributed by atoms with Crippen LogP contribution in [0.3, 0.4) is 0 Å². The number of para-hydroxylation sites is 1. The fraction of sp³-hybridized carbons (Fsp3) is 0.0769. The lowest BCUT2D eigenvalue weighted by Gasteiger charge is -2.00. The zero-order valence-corrected chi connectivity index (χ0v) is 10.2. The van der Waals surface area contributed by atoms with Crippen LogP contribution < -0.4 is 5.73 Å². The normalized spacial score (nSPS) is 11.0. The first-order chi connectivity index (χ1) is 9.09. The first-order valence-electron chi connectivity index (χ1n) is 5.74. The second kappa shape index (κ2) is 3.88. The van der Waals surface area contributed by atoms with Crippen LogP contribution in [0.15, 0.2) is 24.3 Å². The van der Waals surface area contributed by atoms with Crippen molar-refractivity contribution in [1.82, 2.24) is 15.2 Å². The zero-order chi connectivity index (χ0) is 13.6. The summed E-state index contributed by atoms with van der Waals surface area (Å²) >= 11 is 0. The fourth-order valence-corrected chi connectivity index (χ4v) is 2.35. The minimum atomic E-state index is -1.09. The Bertz CT molecular complexity index is 785. The van der Waals surface area contributed by atoms with E-state index in [4.69, 9.17) is 5.73 Å². The summed E-state index contributed by atoms with van der Waals surface area (Å²) in [4.78, 5) is 14.5. The second-order valence-electron chi connectivity index (χ2n) is 4.33. The maximum atomic E-state index is 11.3. The van der Waals surface area contributed by atoms with Crippen molar-refractivity contribution in [2.24, 2.45) is 0 Å². The summed E-state index contributed by atoms with van der Waals surface area (Å²) in [6, 6.07) is 7.68. The van der Waals surface area contributed by atoms with Gasteiger partial charge in [0.2, 0.25) is 0 Å². The molecule has 0 aliphatic carbocycles. The van der Waals surface area contributed by atoms with Gasteiger partial charge in [-0.15, -0.1) is 0 Å². The number of benzene rings is 1. The lowest BCUT2D eigenvalue weighted by molar-refractivity contribution is 0.0699. The van der Waals surface area contributed by atoms with Gasteiger partial charge in [-0.3, -0.25) is 5.10 Å². The molecule has 1 aromatic carbocycles. The molecule has 3 rings (SSSR count). The van der Waals surface area contributed by atoms with Gasteiger partial charge in [-0.2, -0.15) is 5.10 Å². The number of nitrogens with zero attached hydrogens (tertiary/aromatic N) is 1. The highest BCUT2D eigenvalue weighted by molar-refractivity contribution is 6.05. The molecule has 0 unspecified atom stereocenters. The molecule has 96 valence electrons. The van der Waals surface area contributed by atoms with Crippen LogP contribution in [0.4, 0.5) is 5.82 Å². The zero-order valence-electron chi connectivity index (χ0n) is 10.2. The standard InChI is InChI=1S/C13H12N4O2/c1-6-9(7-4-2-3-5-8(7)15-6)11-10(13(18)19)12(14)17-16-11/h2-5,15H,1H3,(H,18,19)(H3,14,16,17). The average molecular weight is 256 g/mol. The summed E-state index contributed by atoms with van der Waals surface area (Å²) < 4.78 is 0. The highest BCUT2D eigenvalue weighted by atomic mass is 16.4. The van der Waals surface area contributed by atoms with Crippen LogP contribution in [0.2, 0.25) is 0 Å². The molecule has 0 amide bonds.